The molecule has 1 aromatic carbocycles. The van der Waals surface area contributed by atoms with E-state index in [1.54, 1.807) is 6.26 Å². The maximum Gasteiger partial charge on any atom is 0.105 e. The summed E-state index contributed by atoms with van der Waals surface area (Å²) >= 11 is 5.83. The number of furan rings is 1. The summed E-state index contributed by atoms with van der Waals surface area (Å²) < 4.78 is 5.29. The van der Waals surface area contributed by atoms with Crippen LogP contribution in [0, 0.1) is 0 Å². The van der Waals surface area contributed by atoms with Gasteiger partial charge in [-0.2, -0.15) is 0 Å². The van der Waals surface area contributed by atoms with Crippen LogP contribution in [0.1, 0.15) is 17.4 Å². The highest BCUT2D eigenvalue weighted by atomic mass is 35.5. The van der Waals surface area contributed by atoms with Gasteiger partial charge in [0.2, 0.25) is 0 Å². The summed E-state index contributed by atoms with van der Waals surface area (Å²) in [5.74, 6) is 6.44. The average molecular weight is 237 g/mol. The van der Waals surface area contributed by atoms with Crippen LogP contribution in [0.4, 0.5) is 0 Å². The maximum atomic E-state index is 5.83. The monoisotopic (exact) mass is 236 g/mol. The lowest BCUT2D eigenvalue weighted by atomic mass is 10.0. The number of hydrogen-bond donors (Lipinski definition) is 2. The molecule has 16 heavy (non-hydrogen) atoms. The molecule has 1 unspecified atom stereocenters. The van der Waals surface area contributed by atoms with Gasteiger partial charge in [-0.15, -0.1) is 0 Å². The molecular formula is C12H13ClN2O. The molecule has 0 bridgehead atoms. The lowest BCUT2D eigenvalue weighted by Gasteiger charge is -2.14. The van der Waals surface area contributed by atoms with E-state index in [2.05, 4.69) is 5.43 Å². The second-order valence-electron chi connectivity index (χ2n) is 3.55. The first-order valence-electron chi connectivity index (χ1n) is 5.03. The Morgan fingerprint density at radius 3 is 2.56 bits per heavy atom. The molecule has 0 aliphatic rings. The number of rotatable bonds is 4. The van der Waals surface area contributed by atoms with Gasteiger partial charge in [0.25, 0.3) is 0 Å². The largest absolute Gasteiger partial charge is 0.469 e. The minimum absolute atomic E-state index is 0.0309. The zero-order valence-electron chi connectivity index (χ0n) is 8.69. The second-order valence-corrected chi connectivity index (χ2v) is 3.99. The highest BCUT2D eigenvalue weighted by Gasteiger charge is 2.11. The summed E-state index contributed by atoms with van der Waals surface area (Å²) in [6.45, 7) is 0. The fourth-order valence-corrected chi connectivity index (χ4v) is 1.72. The number of nitrogens with two attached hydrogens (primary N) is 1. The van der Waals surface area contributed by atoms with Gasteiger partial charge in [-0.1, -0.05) is 23.7 Å². The molecule has 84 valence electrons. The van der Waals surface area contributed by atoms with Crippen molar-refractivity contribution >= 4 is 11.6 Å². The fraction of sp³-hybridized carbons (Fsp3) is 0.167. The average Bonchev–Trinajstić information content (AvgIpc) is 2.80. The molecule has 1 atom stereocenters. The smallest absolute Gasteiger partial charge is 0.105 e. The van der Waals surface area contributed by atoms with E-state index in [9.17, 15) is 0 Å². The van der Waals surface area contributed by atoms with E-state index in [1.807, 2.05) is 36.4 Å². The third kappa shape index (κ3) is 2.64. The Morgan fingerprint density at radius 2 is 2.00 bits per heavy atom. The van der Waals surface area contributed by atoms with Crippen LogP contribution in [0.5, 0.6) is 0 Å². The first-order valence-corrected chi connectivity index (χ1v) is 5.41. The minimum atomic E-state index is 0.0309. The van der Waals surface area contributed by atoms with Crippen molar-refractivity contribution in [2.45, 2.75) is 12.5 Å². The summed E-state index contributed by atoms with van der Waals surface area (Å²) in [4.78, 5) is 0. The highest BCUT2D eigenvalue weighted by Crippen LogP contribution is 2.19. The van der Waals surface area contributed by atoms with Gasteiger partial charge in [0.15, 0.2) is 0 Å². The minimum Gasteiger partial charge on any atom is -0.469 e. The molecular weight excluding hydrogens is 224 g/mol. The Balaban J connectivity index is 2.13. The summed E-state index contributed by atoms with van der Waals surface area (Å²) in [6.07, 6.45) is 2.37. The molecule has 0 aliphatic carbocycles. The highest BCUT2D eigenvalue weighted by molar-refractivity contribution is 6.30. The normalized spacial score (nSPS) is 12.6. The Kier molecular flexibility index (Phi) is 3.62. The molecule has 0 spiro atoms. The third-order valence-corrected chi connectivity index (χ3v) is 2.71. The van der Waals surface area contributed by atoms with Crippen molar-refractivity contribution in [3.63, 3.8) is 0 Å². The molecule has 3 nitrogen and oxygen atoms in total. The third-order valence-electron chi connectivity index (χ3n) is 2.46. The number of nitrogens with one attached hydrogen (secondary N) is 1. The Hall–Kier alpha value is -1.29. The van der Waals surface area contributed by atoms with E-state index in [0.717, 1.165) is 16.3 Å². The standard InChI is InChI=1S/C12H13ClN2O/c13-10-5-3-9(4-6-10)12(15-14)8-11-2-1-7-16-11/h1-7,12,15H,8,14H2. The van der Waals surface area contributed by atoms with Crippen molar-refractivity contribution in [1.82, 2.24) is 5.43 Å². The Bertz CT molecular complexity index is 425. The van der Waals surface area contributed by atoms with Gasteiger partial charge >= 0.3 is 0 Å². The zero-order chi connectivity index (χ0) is 11.4. The van der Waals surface area contributed by atoms with E-state index in [-0.39, 0.29) is 6.04 Å². The molecule has 0 saturated carbocycles. The molecule has 1 aromatic heterocycles. The molecule has 0 fully saturated rings. The zero-order valence-corrected chi connectivity index (χ0v) is 9.45. The van der Waals surface area contributed by atoms with E-state index < -0.39 is 0 Å². The number of benzene rings is 1. The van der Waals surface area contributed by atoms with Crippen LogP contribution in [-0.2, 0) is 6.42 Å². The van der Waals surface area contributed by atoms with Crippen molar-refractivity contribution in [3.05, 3.63) is 59.0 Å². The second kappa shape index (κ2) is 5.16. The van der Waals surface area contributed by atoms with Crippen LogP contribution in [0.3, 0.4) is 0 Å². The van der Waals surface area contributed by atoms with Crippen LogP contribution in [0.15, 0.2) is 47.1 Å². The van der Waals surface area contributed by atoms with Gasteiger partial charge in [0.05, 0.1) is 12.3 Å². The predicted octanol–water partition coefficient (Wildman–Crippen LogP) is 2.68. The Labute approximate surface area is 99.2 Å². The van der Waals surface area contributed by atoms with Gasteiger partial charge in [-0.3, -0.25) is 11.3 Å². The van der Waals surface area contributed by atoms with Crippen molar-refractivity contribution in [2.24, 2.45) is 5.84 Å². The summed E-state index contributed by atoms with van der Waals surface area (Å²) in [5, 5.41) is 0.720. The van der Waals surface area contributed by atoms with Crippen LogP contribution < -0.4 is 11.3 Å². The van der Waals surface area contributed by atoms with E-state index in [1.165, 1.54) is 0 Å². The summed E-state index contributed by atoms with van der Waals surface area (Å²) in [7, 11) is 0. The van der Waals surface area contributed by atoms with E-state index >= 15 is 0 Å². The van der Waals surface area contributed by atoms with Crippen LogP contribution in [0.2, 0.25) is 5.02 Å². The van der Waals surface area contributed by atoms with Gasteiger partial charge < -0.3 is 4.42 Å². The van der Waals surface area contributed by atoms with Crippen molar-refractivity contribution in [2.75, 3.05) is 0 Å². The van der Waals surface area contributed by atoms with Gasteiger partial charge in [-0.25, -0.2) is 0 Å². The van der Waals surface area contributed by atoms with E-state index in [0.29, 0.717) is 6.42 Å². The molecule has 0 saturated heterocycles. The van der Waals surface area contributed by atoms with Gasteiger partial charge in [-0.05, 0) is 29.8 Å². The van der Waals surface area contributed by atoms with Gasteiger partial charge in [0.1, 0.15) is 5.76 Å². The molecule has 2 rings (SSSR count). The van der Waals surface area contributed by atoms with Crippen LogP contribution in [0.25, 0.3) is 0 Å². The first-order chi connectivity index (χ1) is 7.79. The first kappa shape index (κ1) is 11.2. The van der Waals surface area contributed by atoms with Crippen LogP contribution in [-0.4, -0.2) is 0 Å². The van der Waals surface area contributed by atoms with E-state index in [4.69, 9.17) is 21.9 Å². The van der Waals surface area contributed by atoms with Crippen molar-refractivity contribution < 1.29 is 4.42 Å². The Morgan fingerprint density at radius 1 is 1.25 bits per heavy atom. The molecule has 4 heteroatoms. The van der Waals surface area contributed by atoms with Crippen molar-refractivity contribution in [1.29, 1.82) is 0 Å². The summed E-state index contributed by atoms with van der Waals surface area (Å²) in [6, 6.07) is 11.4. The number of hydrazine groups is 1. The topological polar surface area (TPSA) is 51.2 Å². The fourth-order valence-electron chi connectivity index (χ4n) is 1.60. The lowest BCUT2D eigenvalue weighted by Crippen LogP contribution is -2.29. The van der Waals surface area contributed by atoms with Crippen molar-refractivity contribution in [3.8, 4) is 0 Å². The molecule has 3 N–H and O–H groups in total. The number of hydrogen-bond acceptors (Lipinski definition) is 3. The molecule has 0 radical (unpaired) electrons. The maximum absolute atomic E-state index is 5.83. The summed E-state index contributed by atoms with van der Waals surface area (Å²) in [5.41, 5.74) is 3.86. The SMILES string of the molecule is NNC(Cc1ccco1)c1ccc(Cl)cc1. The predicted molar refractivity (Wildman–Crippen MR) is 63.9 cm³/mol. The lowest BCUT2D eigenvalue weighted by molar-refractivity contribution is 0.455. The van der Waals surface area contributed by atoms with Gasteiger partial charge in [0, 0.05) is 11.4 Å². The molecule has 0 aliphatic heterocycles. The van der Waals surface area contributed by atoms with Crippen LogP contribution >= 0.6 is 11.6 Å². The quantitative estimate of drug-likeness (QED) is 0.634. The molecule has 2 aromatic rings. The number of halogens is 1. The molecule has 0 amide bonds. The molecule has 1 heterocycles.